The van der Waals surface area contributed by atoms with Gasteiger partial charge in [-0.2, -0.15) is 0 Å². The fourth-order valence-corrected chi connectivity index (χ4v) is 2.86. The summed E-state index contributed by atoms with van der Waals surface area (Å²) in [5.74, 6) is 0.645. The van der Waals surface area contributed by atoms with Crippen LogP contribution in [0.3, 0.4) is 0 Å². The molecule has 23 heavy (non-hydrogen) atoms. The Balaban J connectivity index is 1.58. The summed E-state index contributed by atoms with van der Waals surface area (Å²) in [7, 11) is 0. The van der Waals surface area contributed by atoms with E-state index in [9.17, 15) is 4.79 Å². The Morgan fingerprint density at radius 2 is 2.39 bits per heavy atom. The van der Waals surface area contributed by atoms with E-state index in [1.165, 1.54) is 0 Å². The molecule has 0 aromatic carbocycles. The van der Waals surface area contributed by atoms with E-state index in [1.807, 2.05) is 11.8 Å². The molecular formula is C16H24N4O3. The number of morpholine rings is 1. The second-order valence-electron chi connectivity index (χ2n) is 6.08. The standard InChI is InChI=1S/C16H24N4O3/c1-3-13-8-20(11(2)9-23-13)16(21)18-7-15-17-6-12-10-22-5-4-14(12)19-15/h6,11,13H,3-5,7-10H2,1-2H3,(H,18,21). The normalized spacial score (nSPS) is 24.2. The number of carbonyl (C=O) groups is 1. The van der Waals surface area contributed by atoms with Crippen LogP contribution in [0.2, 0.25) is 0 Å². The van der Waals surface area contributed by atoms with Crippen molar-refractivity contribution in [2.45, 2.75) is 52.0 Å². The number of ether oxygens (including phenoxy) is 2. The zero-order chi connectivity index (χ0) is 16.2. The van der Waals surface area contributed by atoms with Gasteiger partial charge in [0, 0.05) is 24.7 Å². The lowest BCUT2D eigenvalue weighted by atomic mass is 10.1. The highest BCUT2D eigenvalue weighted by Gasteiger charge is 2.28. The first-order chi connectivity index (χ1) is 11.2. The molecular weight excluding hydrogens is 296 g/mol. The molecule has 1 N–H and O–H groups in total. The number of hydrogen-bond donors (Lipinski definition) is 1. The molecule has 3 heterocycles. The molecule has 126 valence electrons. The van der Waals surface area contributed by atoms with Crippen LogP contribution in [-0.2, 0) is 29.0 Å². The van der Waals surface area contributed by atoms with Gasteiger partial charge >= 0.3 is 6.03 Å². The van der Waals surface area contributed by atoms with E-state index < -0.39 is 0 Å². The van der Waals surface area contributed by atoms with Gasteiger partial charge in [0.05, 0.1) is 44.2 Å². The van der Waals surface area contributed by atoms with Crippen LogP contribution in [0.4, 0.5) is 4.79 Å². The summed E-state index contributed by atoms with van der Waals surface area (Å²) >= 11 is 0. The van der Waals surface area contributed by atoms with Gasteiger partial charge in [0.2, 0.25) is 0 Å². The van der Waals surface area contributed by atoms with E-state index in [-0.39, 0.29) is 18.2 Å². The number of urea groups is 1. The second kappa shape index (κ2) is 7.23. The maximum Gasteiger partial charge on any atom is 0.318 e. The quantitative estimate of drug-likeness (QED) is 0.907. The number of aromatic nitrogens is 2. The molecule has 0 bridgehead atoms. The van der Waals surface area contributed by atoms with Crippen molar-refractivity contribution in [3.63, 3.8) is 0 Å². The molecule has 1 fully saturated rings. The highest BCUT2D eigenvalue weighted by atomic mass is 16.5. The molecule has 2 atom stereocenters. The Hall–Kier alpha value is -1.73. The fourth-order valence-electron chi connectivity index (χ4n) is 2.86. The number of amides is 2. The van der Waals surface area contributed by atoms with Crippen LogP contribution in [0.5, 0.6) is 0 Å². The molecule has 0 spiro atoms. The van der Waals surface area contributed by atoms with E-state index in [0.29, 0.717) is 38.7 Å². The predicted molar refractivity (Wildman–Crippen MR) is 83.8 cm³/mol. The summed E-state index contributed by atoms with van der Waals surface area (Å²) < 4.78 is 11.1. The number of carbonyl (C=O) groups excluding carboxylic acids is 1. The topological polar surface area (TPSA) is 76.6 Å². The average molecular weight is 320 g/mol. The lowest BCUT2D eigenvalue weighted by molar-refractivity contribution is -0.0422. The lowest BCUT2D eigenvalue weighted by Gasteiger charge is -2.37. The molecule has 0 aliphatic carbocycles. The molecule has 2 unspecified atom stereocenters. The number of nitrogens with zero attached hydrogens (tertiary/aromatic N) is 3. The molecule has 0 saturated carbocycles. The van der Waals surface area contributed by atoms with Crippen LogP contribution in [0.1, 0.15) is 37.4 Å². The van der Waals surface area contributed by atoms with Crippen LogP contribution < -0.4 is 5.32 Å². The van der Waals surface area contributed by atoms with E-state index >= 15 is 0 Å². The molecule has 3 rings (SSSR count). The summed E-state index contributed by atoms with van der Waals surface area (Å²) in [6.07, 6.45) is 3.63. The second-order valence-corrected chi connectivity index (χ2v) is 6.08. The zero-order valence-electron chi connectivity index (χ0n) is 13.7. The van der Waals surface area contributed by atoms with Crippen molar-refractivity contribution in [3.8, 4) is 0 Å². The third kappa shape index (κ3) is 3.79. The van der Waals surface area contributed by atoms with Crippen LogP contribution in [0.15, 0.2) is 6.20 Å². The third-order valence-corrected chi connectivity index (χ3v) is 4.36. The monoisotopic (exact) mass is 320 g/mol. The van der Waals surface area contributed by atoms with Gasteiger partial charge in [0.25, 0.3) is 0 Å². The molecule has 2 aliphatic rings. The zero-order valence-corrected chi connectivity index (χ0v) is 13.7. The van der Waals surface area contributed by atoms with Gasteiger partial charge in [0.15, 0.2) is 0 Å². The molecule has 1 aromatic rings. The number of hydrogen-bond acceptors (Lipinski definition) is 5. The van der Waals surface area contributed by atoms with Crippen molar-refractivity contribution in [1.29, 1.82) is 0 Å². The lowest BCUT2D eigenvalue weighted by Crippen LogP contribution is -2.54. The Kier molecular flexibility index (Phi) is 5.07. The molecule has 0 radical (unpaired) electrons. The Morgan fingerprint density at radius 3 is 3.22 bits per heavy atom. The van der Waals surface area contributed by atoms with Gasteiger partial charge < -0.3 is 19.7 Å². The summed E-state index contributed by atoms with van der Waals surface area (Å²) in [5.41, 5.74) is 2.07. The Morgan fingerprint density at radius 1 is 1.52 bits per heavy atom. The summed E-state index contributed by atoms with van der Waals surface area (Å²) in [5, 5.41) is 2.93. The smallest absolute Gasteiger partial charge is 0.318 e. The Bertz CT molecular complexity index is 566. The maximum absolute atomic E-state index is 12.4. The number of fused-ring (bicyclic) bond motifs is 1. The minimum Gasteiger partial charge on any atom is -0.376 e. The van der Waals surface area contributed by atoms with Gasteiger partial charge in [0.1, 0.15) is 5.82 Å². The molecule has 7 nitrogen and oxygen atoms in total. The highest BCUT2D eigenvalue weighted by molar-refractivity contribution is 5.74. The van der Waals surface area contributed by atoms with E-state index in [1.54, 1.807) is 6.20 Å². The van der Waals surface area contributed by atoms with Gasteiger partial charge in [-0.1, -0.05) is 6.92 Å². The fraction of sp³-hybridized carbons (Fsp3) is 0.688. The minimum absolute atomic E-state index is 0.0797. The van der Waals surface area contributed by atoms with Crippen molar-refractivity contribution < 1.29 is 14.3 Å². The van der Waals surface area contributed by atoms with E-state index in [0.717, 1.165) is 24.1 Å². The van der Waals surface area contributed by atoms with Gasteiger partial charge in [-0.05, 0) is 13.3 Å². The maximum atomic E-state index is 12.4. The van der Waals surface area contributed by atoms with Crippen molar-refractivity contribution >= 4 is 6.03 Å². The van der Waals surface area contributed by atoms with Gasteiger partial charge in [-0.15, -0.1) is 0 Å². The van der Waals surface area contributed by atoms with Crippen LogP contribution in [0, 0.1) is 0 Å². The van der Waals surface area contributed by atoms with Gasteiger partial charge in [-0.3, -0.25) is 0 Å². The number of nitrogens with one attached hydrogen (secondary N) is 1. The molecule has 1 aromatic heterocycles. The van der Waals surface area contributed by atoms with Crippen molar-refractivity contribution in [2.75, 3.05) is 19.8 Å². The Labute approximate surface area is 136 Å². The summed E-state index contributed by atoms with van der Waals surface area (Å²) in [6.45, 7) is 6.90. The molecule has 7 heteroatoms. The third-order valence-electron chi connectivity index (χ3n) is 4.36. The van der Waals surface area contributed by atoms with E-state index in [4.69, 9.17) is 9.47 Å². The van der Waals surface area contributed by atoms with Crippen molar-refractivity contribution in [1.82, 2.24) is 20.2 Å². The highest BCUT2D eigenvalue weighted by Crippen LogP contribution is 2.15. The predicted octanol–water partition coefficient (Wildman–Crippen LogP) is 1.26. The first-order valence-corrected chi connectivity index (χ1v) is 8.24. The number of rotatable bonds is 3. The van der Waals surface area contributed by atoms with Crippen LogP contribution in [-0.4, -0.2) is 52.8 Å². The first-order valence-electron chi connectivity index (χ1n) is 8.24. The summed E-state index contributed by atoms with van der Waals surface area (Å²) in [6, 6.07) is 0.00306. The largest absolute Gasteiger partial charge is 0.376 e. The van der Waals surface area contributed by atoms with Crippen LogP contribution >= 0.6 is 0 Å². The summed E-state index contributed by atoms with van der Waals surface area (Å²) in [4.78, 5) is 23.1. The molecule has 2 amide bonds. The average Bonchev–Trinajstić information content (AvgIpc) is 2.60. The van der Waals surface area contributed by atoms with E-state index in [2.05, 4.69) is 22.2 Å². The van der Waals surface area contributed by atoms with Crippen molar-refractivity contribution in [3.05, 3.63) is 23.3 Å². The SMILES string of the molecule is CCC1CN(C(=O)NCc2ncc3c(n2)CCOC3)C(C)CO1. The molecule has 1 saturated heterocycles. The minimum atomic E-state index is -0.0797. The van der Waals surface area contributed by atoms with Gasteiger partial charge in [-0.25, -0.2) is 14.8 Å². The van der Waals surface area contributed by atoms with Crippen LogP contribution in [0.25, 0.3) is 0 Å². The first kappa shape index (κ1) is 16.1. The van der Waals surface area contributed by atoms with Crippen molar-refractivity contribution in [2.24, 2.45) is 0 Å². The molecule has 2 aliphatic heterocycles.